The normalized spacial score (nSPS) is 11.9. The maximum Gasteiger partial charge on any atom is 0.319 e. The molecule has 0 saturated carbocycles. The highest BCUT2D eigenvalue weighted by molar-refractivity contribution is 6.03. The van der Waals surface area contributed by atoms with Gasteiger partial charge in [0.1, 0.15) is 12.0 Å². The van der Waals surface area contributed by atoms with Crippen LogP contribution in [0.4, 0.5) is 0 Å². The number of quaternary nitrogens is 1. The lowest BCUT2D eigenvalue weighted by Gasteiger charge is -2.31. The number of ether oxygens (including phenoxy) is 1. The summed E-state index contributed by atoms with van der Waals surface area (Å²) in [5.41, 5.74) is 0.0278. The number of benzene rings is 1. The molecule has 24 heavy (non-hydrogen) atoms. The zero-order chi connectivity index (χ0) is 17.5. The molecule has 0 aliphatic heterocycles. The molecule has 0 heterocycles. The minimum absolute atomic E-state index is 0. The second kappa shape index (κ2) is 9.74. The molecule has 0 spiro atoms. The summed E-state index contributed by atoms with van der Waals surface area (Å²) in [6.45, 7) is 6.28. The Kier molecular flexibility index (Phi) is 9.15. The van der Waals surface area contributed by atoms with Crippen LogP contribution < -0.4 is 17.0 Å². The number of Topliss-reactive ketones (excluding diaryl/α,β-unsaturated/α-hetero) is 1. The van der Waals surface area contributed by atoms with Crippen molar-refractivity contribution in [2.24, 2.45) is 5.41 Å². The Morgan fingerprint density at radius 3 is 2.29 bits per heavy atom. The van der Waals surface area contributed by atoms with E-state index in [1.165, 1.54) is 0 Å². The molecule has 0 aliphatic rings. The Labute approximate surface area is 155 Å². The second-order valence-electron chi connectivity index (χ2n) is 6.86. The van der Waals surface area contributed by atoms with E-state index in [0.29, 0.717) is 11.0 Å². The Morgan fingerprint density at radius 1 is 1.17 bits per heavy atom. The Hall–Kier alpha value is -1.46. The first kappa shape index (κ1) is 22.5. The van der Waals surface area contributed by atoms with Gasteiger partial charge in [-0.2, -0.15) is 0 Å². The molecule has 0 bridgehead atoms. The fourth-order valence-electron chi connectivity index (χ4n) is 2.11. The third-order valence-corrected chi connectivity index (χ3v) is 3.76. The van der Waals surface area contributed by atoms with Crippen LogP contribution in [-0.2, 0) is 14.3 Å². The van der Waals surface area contributed by atoms with Crippen molar-refractivity contribution in [1.82, 2.24) is 0 Å². The highest BCUT2D eigenvalue weighted by Crippen LogP contribution is 2.20. The van der Waals surface area contributed by atoms with Crippen LogP contribution in [0.15, 0.2) is 36.4 Å². The van der Waals surface area contributed by atoms with Gasteiger partial charge in [0.15, 0.2) is 0 Å². The summed E-state index contributed by atoms with van der Waals surface area (Å²) in [7, 11) is 3.96. The molecule has 0 N–H and O–H groups in total. The van der Waals surface area contributed by atoms with Crippen LogP contribution in [0.3, 0.4) is 0 Å². The van der Waals surface area contributed by atoms with Gasteiger partial charge in [0.25, 0.3) is 0 Å². The summed E-state index contributed by atoms with van der Waals surface area (Å²) in [4.78, 5) is 24.4. The largest absolute Gasteiger partial charge is 1.00 e. The van der Waals surface area contributed by atoms with Crippen molar-refractivity contribution in [1.29, 1.82) is 0 Å². The lowest BCUT2D eigenvalue weighted by atomic mass is 9.87. The number of esters is 1. The van der Waals surface area contributed by atoms with Gasteiger partial charge in [0.05, 0.1) is 27.2 Å². The van der Waals surface area contributed by atoms with Gasteiger partial charge in [-0.3, -0.25) is 9.59 Å². The Balaban J connectivity index is 0.00000529. The molecule has 0 amide bonds. The highest BCUT2D eigenvalue weighted by atomic mass is 79.9. The molecule has 1 aromatic rings. The number of likely N-dealkylation sites (N-methyl/N-ethyl adjacent to an activating group) is 1. The Morgan fingerprint density at radius 2 is 1.75 bits per heavy atom. The monoisotopic (exact) mass is 397 g/mol. The van der Waals surface area contributed by atoms with E-state index in [4.69, 9.17) is 4.74 Å². The van der Waals surface area contributed by atoms with Gasteiger partial charge >= 0.3 is 5.97 Å². The van der Waals surface area contributed by atoms with Gasteiger partial charge in [-0.25, -0.2) is 0 Å². The van der Waals surface area contributed by atoms with E-state index in [1.807, 2.05) is 50.5 Å². The van der Waals surface area contributed by atoms with Gasteiger partial charge in [-0.05, 0) is 32.4 Å². The summed E-state index contributed by atoms with van der Waals surface area (Å²) >= 11 is 0. The quantitative estimate of drug-likeness (QED) is 0.350. The summed E-state index contributed by atoms with van der Waals surface area (Å²) in [6, 6.07) is 10.0. The minimum atomic E-state index is -1.10. The van der Waals surface area contributed by atoms with E-state index in [0.717, 1.165) is 5.56 Å². The van der Waals surface area contributed by atoms with Crippen LogP contribution in [0.25, 0.3) is 6.08 Å². The standard InChI is InChI=1S/C19H28NO3.BrH/c1-6-23-18(22)19(2,3)17(21)15-20(4,5)14-10-13-16-11-8-7-9-12-16;/h7-13H,6,14-15H2,1-5H3;1H/q+1;/p-1. The maximum atomic E-state index is 12.5. The van der Waals surface area contributed by atoms with Gasteiger partial charge in [0.2, 0.25) is 5.78 Å². The Bertz CT molecular complexity index is 565. The molecule has 0 aliphatic carbocycles. The summed E-state index contributed by atoms with van der Waals surface area (Å²) in [5.74, 6) is -0.557. The zero-order valence-corrected chi connectivity index (χ0v) is 16.8. The number of carbonyl (C=O) groups is 2. The van der Waals surface area contributed by atoms with Crippen molar-refractivity contribution in [3.8, 4) is 0 Å². The fraction of sp³-hybridized carbons (Fsp3) is 0.474. The fourth-order valence-corrected chi connectivity index (χ4v) is 2.11. The number of hydrogen-bond donors (Lipinski definition) is 0. The average Bonchev–Trinajstić information content (AvgIpc) is 2.47. The van der Waals surface area contributed by atoms with E-state index in [2.05, 4.69) is 6.08 Å². The number of ketones is 1. The first-order valence-electron chi connectivity index (χ1n) is 7.93. The molecule has 0 unspecified atom stereocenters. The molecule has 1 aromatic carbocycles. The molecule has 0 radical (unpaired) electrons. The van der Waals surface area contributed by atoms with E-state index in [1.54, 1.807) is 20.8 Å². The molecule has 0 saturated heterocycles. The molecule has 4 nitrogen and oxygen atoms in total. The van der Waals surface area contributed by atoms with Crippen molar-refractivity contribution < 1.29 is 35.8 Å². The van der Waals surface area contributed by atoms with Crippen molar-refractivity contribution in [3.05, 3.63) is 42.0 Å². The van der Waals surface area contributed by atoms with Crippen LogP contribution in [0.1, 0.15) is 26.3 Å². The predicted octanol–water partition coefficient (Wildman–Crippen LogP) is -0.0614. The van der Waals surface area contributed by atoms with Crippen LogP contribution in [-0.4, -0.2) is 50.0 Å². The van der Waals surface area contributed by atoms with E-state index < -0.39 is 11.4 Å². The minimum Gasteiger partial charge on any atom is -1.00 e. The SMILES string of the molecule is CCOC(=O)C(C)(C)C(=O)C[N+](C)(C)CC=Cc1ccccc1.[Br-]. The molecule has 134 valence electrons. The smallest absolute Gasteiger partial charge is 0.319 e. The molecular formula is C19H28BrNO3. The number of nitrogens with zero attached hydrogens (tertiary/aromatic N) is 1. The number of hydrogen-bond acceptors (Lipinski definition) is 3. The lowest BCUT2D eigenvalue weighted by molar-refractivity contribution is -0.876. The lowest BCUT2D eigenvalue weighted by Crippen LogP contribution is -3.00. The summed E-state index contributed by atoms with van der Waals surface area (Å²) < 4.78 is 5.49. The molecule has 0 atom stereocenters. The van der Waals surface area contributed by atoms with Crippen molar-refractivity contribution in [2.75, 3.05) is 33.8 Å². The third kappa shape index (κ3) is 6.97. The average molecular weight is 398 g/mol. The molecular weight excluding hydrogens is 370 g/mol. The third-order valence-electron chi connectivity index (χ3n) is 3.76. The summed E-state index contributed by atoms with van der Waals surface area (Å²) in [5, 5.41) is 0. The van der Waals surface area contributed by atoms with Gasteiger partial charge in [0, 0.05) is 0 Å². The van der Waals surface area contributed by atoms with E-state index in [9.17, 15) is 9.59 Å². The molecule has 0 aromatic heterocycles. The first-order chi connectivity index (χ1) is 10.7. The number of halogens is 1. The van der Waals surface area contributed by atoms with E-state index >= 15 is 0 Å². The van der Waals surface area contributed by atoms with Gasteiger partial charge < -0.3 is 26.2 Å². The van der Waals surface area contributed by atoms with Crippen molar-refractivity contribution in [2.45, 2.75) is 20.8 Å². The highest BCUT2D eigenvalue weighted by Gasteiger charge is 2.40. The molecule has 1 rings (SSSR count). The zero-order valence-electron chi connectivity index (χ0n) is 15.2. The van der Waals surface area contributed by atoms with Gasteiger partial charge in [-0.1, -0.05) is 36.4 Å². The van der Waals surface area contributed by atoms with Crippen LogP contribution >= 0.6 is 0 Å². The topological polar surface area (TPSA) is 43.4 Å². The van der Waals surface area contributed by atoms with Crippen LogP contribution in [0, 0.1) is 5.41 Å². The number of rotatable bonds is 8. The van der Waals surface area contributed by atoms with Crippen molar-refractivity contribution in [3.63, 3.8) is 0 Å². The maximum absolute atomic E-state index is 12.5. The molecule has 5 heteroatoms. The van der Waals surface area contributed by atoms with Crippen LogP contribution in [0.2, 0.25) is 0 Å². The van der Waals surface area contributed by atoms with Crippen LogP contribution in [0.5, 0.6) is 0 Å². The summed E-state index contributed by atoms with van der Waals surface area (Å²) in [6.07, 6.45) is 4.10. The van der Waals surface area contributed by atoms with E-state index in [-0.39, 0.29) is 35.9 Å². The van der Waals surface area contributed by atoms with Crippen molar-refractivity contribution >= 4 is 17.8 Å². The van der Waals surface area contributed by atoms with Gasteiger partial charge in [-0.15, -0.1) is 0 Å². The number of carbonyl (C=O) groups excluding carboxylic acids is 2. The first-order valence-corrected chi connectivity index (χ1v) is 7.93. The second-order valence-corrected chi connectivity index (χ2v) is 6.86. The molecule has 0 fully saturated rings. The predicted molar refractivity (Wildman–Crippen MR) is 92.7 cm³/mol.